The number of halogens is 2. The molecule has 4 rings (SSSR count). The highest BCUT2D eigenvalue weighted by molar-refractivity contribution is 7.17. The highest BCUT2D eigenvalue weighted by Crippen LogP contribution is 2.38. The molecule has 0 amide bonds. The number of nitrogens with zero attached hydrogens (tertiary/aromatic N) is 2. The summed E-state index contributed by atoms with van der Waals surface area (Å²) in [6.07, 6.45) is 2.59. The third kappa shape index (κ3) is 3.28. The maximum Gasteiger partial charge on any atom is 0.143 e. The summed E-state index contributed by atoms with van der Waals surface area (Å²) in [5.74, 6) is 0.732. The zero-order valence-electron chi connectivity index (χ0n) is 14.0. The highest BCUT2D eigenvalue weighted by Gasteiger charge is 2.14. The predicted molar refractivity (Wildman–Crippen MR) is 112 cm³/mol. The van der Waals surface area contributed by atoms with Gasteiger partial charge in [0.05, 0.1) is 16.1 Å². The molecule has 3 nitrogen and oxygen atoms in total. The van der Waals surface area contributed by atoms with Gasteiger partial charge in [0.2, 0.25) is 0 Å². The number of hydrogen-bond donors (Lipinski definition) is 1. The van der Waals surface area contributed by atoms with Crippen LogP contribution in [0.5, 0.6) is 0 Å². The van der Waals surface area contributed by atoms with E-state index in [-0.39, 0.29) is 0 Å². The van der Waals surface area contributed by atoms with E-state index in [9.17, 15) is 0 Å². The van der Waals surface area contributed by atoms with Crippen molar-refractivity contribution in [3.05, 3.63) is 69.8 Å². The first-order valence-corrected chi connectivity index (χ1v) is 9.83. The molecule has 1 N–H and O–H groups in total. The summed E-state index contributed by atoms with van der Waals surface area (Å²) in [4.78, 5) is 9.80. The van der Waals surface area contributed by atoms with Gasteiger partial charge in [-0.15, -0.1) is 11.3 Å². The number of fused-ring (bicyclic) bond motifs is 1. The average Bonchev–Trinajstić information content (AvgIpc) is 3.09. The Morgan fingerprint density at radius 3 is 2.58 bits per heavy atom. The fourth-order valence-corrected chi connectivity index (χ4v) is 4.19. The van der Waals surface area contributed by atoms with Crippen molar-refractivity contribution in [2.24, 2.45) is 0 Å². The third-order valence-corrected chi connectivity index (χ3v) is 5.66. The van der Waals surface area contributed by atoms with E-state index < -0.39 is 0 Å². The van der Waals surface area contributed by atoms with Gasteiger partial charge in [-0.2, -0.15) is 0 Å². The minimum atomic E-state index is 0.549. The van der Waals surface area contributed by atoms with E-state index >= 15 is 0 Å². The molecule has 0 spiro atoms. The molecule has 130 valence electrons. The number of aromatic nitrogens is 2. The second-order valence-corrected chi connectivity index (χ2v) is 7.55. The lowest BCUT2D eigenvalue weighted by molar-refractivity contribution is 1.14. The molecule has 6 heteroatoms. The first kappa shape index (κ1) is 17.3. The minimum Gasteiger partial charge on any atom is -0.338 e. The Bertz CT molecular complexity index is 1070. The van der Waals surface area contributed by atoms with Crippen LogP contribution < -0.4 is 5.32 Å². The first-order chi connectivity index (χ1) is 12.7. The van der Waals surface area contributed by atoms with Gasteiger partial charge in [-0.25, -0.2) is 9.97 Å². The zero-order chi connectivity index (χ0) is 18.1. The maximum absolute atomic E-state index is 6.31. The van der Waals surface area contributed by atoms with E-state index in [4.69, 9.17) is 23.2 Å². The molecule has 0 atom stereocenters. The number of aryl methyl sites for hydroxylation is 1. The normalized spacial score (nSPS) is 11.0. The summed E-state index contributed by atoms with van der Waals surface area (Å²) in [7, 11) is 0. The van der Waals surface area contributed by atoms with Gasteiger partial charge >= 0.3 is 0 Å². The van der Waals surface area contributed by atoms with Crippen LogP contribution in [0.1, 0.15) is 12.5 Å². The summed E-state index contributed by atoms with van der Waals surface area (Å²) in [5.41, 5.74) is 4.33. The lowest BCUT2D eigenvalue weighted by Crippen LogP contribution is -1.96. The van der Waals surface area contributed by atoms with Crippen LogP contribution in [0.2, 0.25) is 10.0 Å². The van der Waals surface area contributed by atoms with Crippen LogP contribution >= 0.6 is 34.5 Å². The van der Waals surface area contributed by atoms with E-state index in [1.54, 1.807) is 29.8 Å². The van der Waals surface area contributed by atoms with Crippen molar-refractivity contribution in [1.82, 2.24) is 9.97 Å². The summed E-state index contributed by atoms with van der Waals surface area (Å²) >= 11 is 13.9. The first-order valence-electron chi connectivity index (χ1n) is 8.19. The van der Waals surface area contributed by atoms with Gasteiger partial charge in [-0.3, -0.25) is 0 Å². The second-order valence-electron chi connectivity index (χ2n) is 5.85. The van der Waals surface area contributed by atoms with Crippen LogP contribution in [0.25, 0.3) is 21.3 Å². The molecule has 0 fully saturated rings. The van der Waals surface area contributed by atoms with Gasteiger partial charge in [0, 0.05) is 16.0 Å². The van der Waals surface area contributed by atoms with Crippen LogP contribution in [0.3, 0.4) is 0 Å². The fraction of sp³-hybridized carbons (Fsp3) is 0.100. The molecule has 2 aromatic carbocycles. The van der Waals surface area contributed by atoms with Gasteiger partial charge in [0.25, 0.3) is 0 Å². The Morgan fingerprint density at radius 1 is 1.04 bits per heavy atom. The molecule has 0 saturated heterocycles. The molecule has 4 aromatic rings. The molecule has 0 unspecified atom stereocenters. The summed E-state index contributed by atoms with van der Waals surface area (Å²) in [6, 6.07) is 14.0. The van der Waals surface area contributed by atoms with Crippen LogP contribution in [0, 0.1) is 0 Å². The van der Waals surface area contributed by atoms with Crippen molar-refractivity contribution in [2.45, 2.75) is 13.3 Å². The highest BCUT2D eigenvalue weighted by atomic mass is 35.5. The molecule has 2 aromatic heterocycles. The smallest absolute Gasteiger partial charge is 0.143 e. The predicted octanol–water partition coefficient (Wildman–Crippen LogP) is 6.97. The van der Waals surface area contributed by atoms with Gasteiger partial charge in [-0.1, -0.05) is 54.4 Å². The molecule has 26 heavy (non-hydrogen) atoms. The maximum atomic E-state index is 6.31. The van der Waals surface area contributed by atoms with E-state index in [0.717, 1.165) is 39.3 Å². The SMILES string of the molecule is CCc1ccc(-c2csc3ncnc(Nc4ccc(Cl)cc4Cl)c23)cc1. The van der Waals surface area contributed by atoms with Crippen LogP contribution in [-0.2, 0) is 6.42 Å². The molecule has 2 heterocycles. The van der Waals surface area contributed by atoms with Gasteiger partial charge in [0.15, 0.2) is 0 Å². The standard InChI is InChI=1S/C20H15Cl2N3S/c1-2-12-3-5-13(6-4-12)15-10-26-20-18(15)19(23-11-24-20)25-17-8-7-14(21)9-16(17)22/h3-11H,2H2,1H3,(H,23,24,25). The lowest BCUT2D eigenvalue weighted by atomic mass is 10.0. The van der Waals surface area contributed by atoms with E-state index in [2.05, 4.69) is 51.9 Å². The van der Waals surface area contributed by atoms with Crippen LogP contribution in [0.15, 0.2) is 54.2 Å². The molecule has 0 aliphatic rings. The number of anilines is 2. The molecule has 0 bridgehead atoms. The number of rotatable bonds is 4. The van der Waals surface area contributed by atoms with Gasteiger partial charge in [-0.05, 0) is 35.7 Å². The summed E-state index contributed by atoms with van der Waals surface area (Å²) in [6.45, 7) is 2.15. The molecule has 0 aliphatic carbocycles. The average molecular weight is 400 g/mol. The Balaban J connectivity index is 1.81. The number of nitrogens with one attached hydrogen (secondary N) is 1. The van der Waals surface area contributed by atoms with Gasteiger partial charge < -0.3 is 5.32 Å². The largest absolute Gasteiger partial charge is 0.338 e. The van der Waals surface area contributed by atoms with Crippen molar-refractivity contribution in [3.63, 3.8) is 0 Å². The Morgan fingerprint density at radius 2 is 1.85 bits per heavy atom. The topological polar surface area (TPSA) is 37.8 Å². The molecular weight excluding hydrogens is 385 g/mol. The lowest BCUT2D eigenvalue weighted by Gasteiger charge is -2.10. The van der Waals surface area contributed by atoms with Crippen molar-refractivity contribution in [3.8, 4) is 11.1 Å². The quantitative estimate of drug-likeness (QED) is 0.402. The Hall–Kier alpha value is -2.14. The number of benzene rings is 2. The monoisotopic (exact) mass is 399 g/mol. The number of thiophene rings is 1. The number of hydrogen-bond acceptors (Lipinski definition) is 4. The van der Waals surface area contributed by atoms with Crippen molar-refractivity contribution in [1.29, 1.82) is 0 Å². The molecule has 0 aliphatic heterocycles. The van der Waals surface area contributed by atoms with Crippen molar-refractivity contribution >= 4 is 56.3 Å². The third-order valence-electron chi connectivity index (χ3n) is 4.23. The molecule has 0 radical (unpaired) electrons. The van der Waals surface area contributed by atoms with E-state index in [1.807, 2.05) is 6.07 Å². The van der Waals surface area contributed by atoms with Gasteiger partial charge in [0.1, 0.15) is 17.0 Å². The van der Waals surface area contributed by atoms with E-state index in [0.29, 0.717) is 10.0 Å². The molecule has 0 saturated carbocycles. The van der Waals surface area contributed by atoms with E-state index in [1.165, 1.54) is 5.56 Å². The molecular formula is C20H15Cl2N3S. The minimum absolute atomic E-state index is 0.549. The van der Waals surface area contributed by atoms with Crippen molar-refractivity contribution < 1.29 is 0 Å². The second kappa shape index (κ2) is 7.23. The van der Waals surface area contributed by atoms with Crippen LogP contribution in [0.4, 0.5) is 11.5 Å². The Kier molecular flexibility index (Phi) is 4.81. The fourth-order valence-electron chi connectivity index (χ4n) is 2.82. The summed E-state index contributed by atoms with van der Waals surface area (Å²) < 4.78 is 0. The zero-order valence-corrected chi connectivity index (χ0v) is 16.3. The summed E-state index contributed by atoms with van der Waals surface area (Å²) in [5, 5.41) is 7.59. The van der Waals surface area contributed by atoms with Crippen LogP contribution in [-0.4, -0.2) is 9.97 Å². The van der Waals surface area contributed by atoms with Crippen molar-refractivity contribution in [2.75, 3.05) is 5.32 Å². The Labute approximate surface area is 165 Å².